The number of methoxy groups -OCH3 is 1. The summed E-state index contributed by atoms with van der Waals surface area (Å²) < 4.78 is 25.8. The first-order valence-corrected chi connectivity index (χ1v) is 9.92. The minimum Gasteiger partial charge on any atom is -0.494 e. The van der Waals surface area contributed by atoms with Crippen LogP contribution in [0.5, 0.6) is 5.75 Å². The molecule has 0 bridgehead atoms. The zero-order valence-electron chi connectivity index (χ0n) is 15.8. The number of hydrogen-bond acceptors (Lipinski definition) is 6. The van der Waals surface area contributed by atoms with Crippen molar-refractivity contribution >= 4 is 17.7 Å². The molecule has 152 valence electrons. The van der Waals surface area contributed by atoms with Crippen LogP contribution in [0.2, 0.25) is 0 Å². The summed E-state index contributed by atoms with van der Waals surface area (Å²) >= 11 is 1.19. The van der Waals surface area contributed by atoms with E-state index in [9.17, 15) is 14.0 Å². The van der Waals surface area contributed by atoms with Crippen LogP contribution in [0.15, 0.2) is 28.2 Å². The lowest BCUT2D eigenvalue weighted by atomic mass is 10.2. The van der Waals surface area contributed by atoms with E-state index in [1.807, 2.05) is 0 Å². The van der Waals surface area contributed by atoms with Crippen LogP contribution in [0.3, 0.4) is 0 Å². The van der Waals surface area contributed by atoms with Crippen molar-refractivity contribution in [2.75, 3.05) is 26.5 Å². The van der Waals surface area contributed by atoms with Crippen molar-refractivity contribution in [2.24, 2.45) is 0 Å². The third-order valence-electron chi connectivity index (χ3n) is 4.52. The highest BCUT2D eigenvalue weighted by Crippen LogP contribution is 2.20. The van der Waals surface area contributed by atoms with Crippen LogP contribution in [0, 0.1) is 5.82 Å². The van der Waals surface area contributed by atoms with Crippen LogP contribution in [-0.4, -0.2) is 58.2 Å². The highest BCUT2D eigenvalue weighted by atomic mass is 32.2. The Labute approximate surface area is 166 Å². The van der Waals surface area contributed by atoms with E-state index in [1.54, 1.807) is 13.1 Å². The molecular formula is C18H23FN4O4S. The lowest BCUT2D eigenvalue weighted by Gasteiger charge is -2.17. The molecule has 1 aliphatic heterocycles. The summed E-state index contributed by atoms with van der Waals surface area (Å²) in [5.74, 6) is -0.341. The van der Waals surface area contributed by atoms with Gasteiger partial charge >= 0.3 is 5.69 Å². The van der Waals surface area contributed by atoms with Gasteiger partial charge in [0.15, 0.2) is 16.7 Å². The Morgan fingerprint density at radius 2 is 2.36 bits per heavy atom. The van der Waals surface area contributed by atoms with E-state index in [4.69, 9.17) is 9.47 Å². The number of benzene rings is 1. The van der Waals surface area contributed by atoms with E-state index in [0.717, 1.165) is 12.8 Å². The standard InChI is InChI=1S/C18H23FN4O4S/c1-22(9-12-5-6-15(26-2)14(19)8-12)16(24)11-28-18-21-20-17(25)23(18)10-13-4-3-7-27-13/h5-6,8,13H,3-4,7,9-11H2,1-2H3,(H,20,25). The van der Waals surface area contributed by atoms with Gasteiger partial charge in [0.1, 0.15) is 0 Å². The second kappa shape index (κ2) is 9.24. The number of hydrogen-bond donors (Lipinski definition) is 1. The molecule has 1 atom stereocenters. The van der Waals surface area contributed by atoms with E-state index in [0.29, 0.717) is 23.9 Å². The predicted molar refractivity (Wildman–Crippen MR) is 102 cm³/mol. The third-order valence-corrected chi connectivity index (χ3v) is 5.48. The van der Waals surface area contributed by atoms with Gasteiger partial charge in [-0.2, -0.15) is 0 Å². The SMILES string of the molecule is COc1ccc(CN(C)C(=O)CSc2n[nH]c(=O)n2CC2CCCO2)cc1F. The van der Waals surface area contributed by atoms with Gasteiger partial charge in [-0.05, 0) is 30.5 Å². The Hall–Kier alpha value is -2.33. The molecule has 1 aliphatic rings. The van der Waals surface area contributed by atoms with E-state index < -0.39 is 5.82 Å². The number of carbonyl (C=O) groups is 1. The van der Waals surface area contributed by atoms with Crippen LogP contribution in [0.1, 0.15) is 18.4 Å². The number of thioether (sulfide) groups is 1. The first kappa shape index (κ1) is 20.4. The number of halogens is 1. The summed E-state index contributed by atoms with van der Waals surface area (Å²) in [6.07, 6.45) is 1.88. The van der Waals surface area contributed by atoms with Crippen LogP contribution in [0.4, 0.5) is 4.39 Å². The Bertz CT molecular complexity index is 879. The van der Waals surface area contributed by atoms with Gasteiger partial charge in [0.2, 0.25) is 5.91 Å². The fraction of sp³-hybridized carbons (Fsp3) is 0.500. The summed E-state index contributed by atoms with van der Waals surface area (Å²) in [4.78, 5) is 25.9. The van der Waals surface area contributed by atoms with Crippen LogP contribution in [-0.2, 0) is 22.6 Å². The molecule has 3 rings (SSSR count). The number of aromatic nitrogens is 3. The Kier molecular flexibility index (Phi) is 6.74. The van der Waals surface area contributed by atoms with Gasteiger partial charge < -0.3 is 14.4 Å². The first-order chi connectivity index (χ1) is 13.5. The maximum Gasteiger partial charge on any atom is 0.344 e. The normalized spacial score (nSPS) is 16.3. The van der Waals surface area contributed by atoms with Gasteiger partial charge in [0.25, 0.3) is 0 Å². The third kappa shape index (κ3) is 4.93. The van der Waals surface area contributed by atoms with Crippen LogP contribution < -0.4 is 10.4 Å². The number of aromatic amines is 1. The molecule has 8 nitrogen and oxygen atoms in total. The Morgan fingerprint density at radius 1 is 1.54 bits per heavy atom. The average molecular weight is 410 g/mol. The van der Waals surface area contributed by atoms with Gasteiger partial charge in [-0.25, -0.2) is 14.3 Å². The number of ether oxygens (including phenoxy) is 2. The van der Waals surface area contributed by atoms with Crippen molar-refractivity contribution in [2.45, 2.75) is 37.2 Å². The molecule has 0 aliphatic carbocycles. The monoisotopic (exact) mass is 410 g/mol. The Morgan fingerprint density at radius 3 is 3.04 bits per heavy atom. The van der Waals surface area contributed by atoms with E-state index >= 15 is 0 Å². The molecule has 1 amide bonds. The van der Waals surface area contributed by atoms with E-state index in [-0.39, 0.29) is 35.7 Å². The Balaban J connectivity index is 1.56. The number of nitrogens with one attached hydrogen (secondary N) is 1. The fourth-order valence-electron chi connectivity index (χ4n) is 2.97. The summed E-state index contributed by atoms with van der Waals surface area (Å²) in [6, 6.07) is 4.60. The molecule has 1 saturated heterocycles. The van der Waals surface area contributed by atoms with Gasteiger partial charge in [-0.3, -0.25) is 9.36 Å². The molecule has 1 fully saturated rings. The molecule has 0 saturated carbocycles. The van der Waals surface area contributed by atoms with Crippen molar-refractivity contribution in [3.8, 4) is 5.75 Å². The van der Waals surface area contributed by atoms with Gasteiger partial charge in [-0.1, -0.05) is 17.8 Å². The number of nitrogens with zero attached hydrogens (tertiary/aromatic N) is 3. The van der Waals surface area contributed by atoms with E-state index in [1.165, 1.54) is 40.5 Å². The molecule has 28 heavy (non-hydrogen) atoms. The van der Waals surface area contributed by atoms with Gasteiger partial charge in [0, 0.05) is 20.2 Å². The molecule has 1 N–H and O–H groups in total. The summed E-state index contributed by atoms with van der Waals surface area (Å²) in [5, 5.41) is 6.88. The fourth-order valence-corrected chi connectivity index (χ4v) is 3.87. The molecule has 2 aromatic rings. The predicted octanol–water partition coefficient (Wildman–Crippen LogP) is 1.65. The lowest BCUT2D eigenvalue weighted by Crippen LogP contribution is -2.28. The lowest BCUT2D eigenvalue weighted by molar-refractivity contribution is -0.127. The smallest absolute Gasteiger partial charge is 0.344 e. The summed E-state index contributed by atoms with van der Waals surface area (Å²) in [5.41, 5.74) is 0.349. The molecule has 0 radical (unpaired) electrons. The molecule has 10 heteroatoms. The zero-order chi connectivity index (χ0) is 20.1. The highest BCUT2D eigenvalue weighted by molar-refractivity contribution is 7.99. The van der Waals surface area contributed by atoms with Crippen molar-refractivity contribution in [1.29, 1.82) is 0 Å². The number of amides is 1. The molecular weight excluding hydrogens is 387 g/mol. The summed E-state index contributed by atoms with van der Waals surface area (Å²) in [6.45, 7) is 1.39. The maximum atomic E-state index is 13.8. The minimum absolute atomic E-state index is 0.00186. The number of carbonyl (C=O) groups excluding carboxylic acids is 1. The topological polar surface area (TPSA) is 89.5 Å². The van der Waals surface area contributed by atoms with Crippen molar-refractivity contribution in [3.63, 3.8) is 0 Å². The molecule has 1 aromatic carbocycles. The van der Waals surface area contributed by atoms with Gasteiger partial charge in [-0.15, -0.1) is 5.10 Å². The van der Waals surface area contributed by atoms with Crippen molar-refractivity contribution in [1.82, 2.24) is 19.7 Å². The summed E-state index contributed by atoms with van der Waals surface area (Å²) in [7, 11) is 3.05. The van der Waals surface area contributed by atoms with Crippen LogP contribution in [0.25, 0.3) is 0 Å². The molecule has 1 aromatic heterocycles. The second-order valence-corrected chi connectivity index (χ2v) is 7.51. The zero-order valence-corrected chi connectivity index (χ0v) is 16.6. The second-order valence-electron chi connectivity index (χ2n) is 6.56. The largest absolute Gasteiger partial charge is 0.494 e. The maximum absolute atomic E-state index is 13.8. The number of rotatable bonds is 8. The van der Waals surface area contributed by atoms with Crippen molar-refractivity contribution in [3.05, 3.63) is 40.1 Å². The van der Waals surface area contributed by atoms with Gasteiger partial charge in [0.05, 0.1) is 25.5 Å². The molecule has 1 unspecified atom stereocenters. The van der Waals surface area contributed by atoms with Crippen molar-refractivity contribution < 1.29 is 18.7 Å². The van der Waals surface area contributed by atoms with Crippen LogP contribution >= 0.6 is 11.8 Å². The highest BCUT2D eigenvalue weighted by Gasteiger charge is 2.20. The van der Waals surface area contributed by atoms with E-state index in [2.05, 4.69) is 10.2 Å². The first-order valence-electron chi connectivity index (χ1n) is 8.94. The molecule has 2 heterocycles. The quantitative estimate of drug-likeness (QED) is 0.666. The molecule has 0 spiro atoms. The number of H-pyrrole nitrogens is 1. The minimum atomic E-state index is -0.468. The average Bonchev–Trinajstić information content (AvgIpc) is 3.31.